The third-order valence-electron chi connectivity index (χ3n) is 7.79. The Kier molecular flexibility index (Phi) is 6.13. The molecule has 1 fully saturated rings. The van der Waals surface area contributed by atoms with Crippen molar-refractivity contribution in [3.05, 3.63) is 59.7 Å². The van der Waals surface area contributed by atoms with E-state index in [4.69, 9.17) is 4.74 Å². The predicted octanol–water partition coefficient (Wildman–Crippen LogP) is 3.38. The smallest absolute Gasteiger partial charge is 0.407 e. The van der Waals surface area contributed by atoms with E-state index >= 15 is 0 Å². The zero-order chi connectivity index (χ0) is 25.6. The first-order chi connectivity index (χ1) is 16.4. The van der Waals surface area contributed by atoms with Crippen LogP contribution in [0.2, 0.25) is 0 Å². The number of aliphatic carboxylic acids is 1. The molecular weight excluding hydrogens is 448 g/mol. The Hall–Kier alpha value is -3.39. The van der Waals surface area contributed by atoms with Gasteiger partial charge in [-0.3, -0.25) is 4.79 Å². The number of aliphatic hydroxyl groups is 1. The zero-order valence-electron chi connectivity index (χ0n) is 20.5. The van der Waals surface area contributed by atoms with Gasteiger partial charge in [-0.15, -0.1) is 0 Å². The summed E-state index contributed by atoms with van der Waals surface area (Å²) in [4.78, 5) is 38.8. The van der Waals surface area contributed by atoms with E-state index < -0.39 is 28.6 Å². The number of fused-ring (bicyclic) bond motifs is 3. The minimum atomic E-state index is -1.95. The molecule has 2 amide bonds. The lowest BCUT2D eigenvalue weighted by Crippen LogP contribution is -2.60. The quantitative estimate of drug-likeness (QED) is 0.584. The van der Waals surface area contributed by atoms with Crippen LogP contribution in [0.15, 0.2) is 48.5 Å². The molecule has 2 aliphatic rings. The zero-order valence-corrected chi connectivity index (χ0v) is 20.5. The SMILES string of the molecule is CC(C)(NC(=O)OCC1c2ccccc2-c2ccccc21)C(C)(C)C(=O)N1CCC(O)(C(=O)O)C1. The number of amides is 2. The van der Waals surface area contributed by atoms with Crippen molar-refractivity contribution in [1.29, 1.82) is 0 Å². The van der Waals surface area contributed by atoms with Gasteiger partial charge in [0.05, 0.1) is 17.5 Å². The van der Waals surface area contributed by atoms with Gasteiger partial charge in [0.2, 0.25) is 5.91 Å². The van der Waals surface area contributed by atoms with Gasteiger partial charge < -0.3 is 25.2 Å². The minimum Gasteiger partial charge on any atom is -0.479 e. The summed E-state index contributed by atoms with van der Waals surface area (Å²) in [7, 11) is 0. The summed E-state index contributed by atoms with van der Waals surface area (Å²) in [6.45, 7) is 6.84. The summed E-state index contributed by atoms with van der Waals surface area (Å²) < 4.78 is 5.65. The number of carbonyl (C=O) groups is 3. The van der Waals surface area contributed by atoms with Crippen molar-refractivity contribution in [2.75, 3.05) is 19.7 Å². The molecule has 1 aliphatic carbocycles. The van der Waals surface area contributed by atoms with Gasteiger partial charge in [0.1, 0.15) is 6.61 Å². The Morgan fingerprint density at radius 3 is 2.09 bits per heavy atom. The molecule has 0 saturated carbocycles. The van der Waals surface area contributed by atoms with Gasteiger partial charge in [0.25, 0.3) is 0 Å². The highest BCUT2D eigenvalue weighted by atomic mass is 16.5. The van der Waals surface area contributed by atoms with Gasteiger partial charge in [-0.25, -0.2) is 9.59 Å². The van der Waals surface area contributed by atoms with Gasteiger partial charge >= 0.3 is 12.1 Å². The largest absolute Gasteiger partial charge is 0.479 e. The number of β-amino-alcohol motifs (C(OH)–C–C–N with tert-alkyl or cyclic N) is 1. The van der Waals surface area contributed by atoms with Crippen molar-refractivity contribution in [2.24, 2.45) is 5.41 Å². The highest BCUT2D eigenvalue weighted by molar-refractivity contribution is 5.87. The van der Waals surface area contributed by atoms with Crippen molar-refractivity contribution < 1.29 is 29.3 Å². The topological polar surface area (TPSA) is 116 Å². The Balaban J connectivity index is 1.42. The van der Waals surface area contributed by atoms with Crippen LogP contribution >= 0.6 is 0 Å². The number of carboxylic acid groups (broad SMARTS) is 1. The number of hydrogen-bond donors (Lipinski definition) is 3. The molecule has 8 heteroatoms. The summed E-state index contributed by atoms with van der Waals surface area (Å²) in [5.41, 5.74) is 0.425. The summed E-state index contributed by atoms with van der Waals surface area (Å²) in [5.74, 6) is -1.77. The molecule has 1 saturated heterocycles. The van der Waals surface area contributed by atoms with Crippen molar-refractivity contribution in [1.82, 2.24) is 10.2 Å². The second kappa shape index (κ2) is 8.68. The number of alkyl carbamates (subject to hydrolysis) is 1. The van der Waals surface area contributed by atoms with Crippen LogP contribution in [0.4, 0.5) is 4.79 Å². The van der Waals surface area contributed by atoms with Gasteiger partial charge in [-0.1, -0.05) is 48.5 Å². The molecule has 35 heavy (non-hydrogen) atoms. The fraction of sp³-hybridized carbons (Fsp3) is 0.444. The summed E-state index contributed by atoms with van der Waals surface area (Å²) >= 11 is 0. The summed E-state index contributed by atoms with van der Waals surface area (Å²) in [6, 6.07) is 16.1. The van der Waals surface area contributed by atoms with E-state index in [0.29, 0.717) is 0 Å². The number of hydrogen-bond acceptors (Lipinski definition) is 5. The van der Waals surface area contributed by atoms with Gasteiger partial charge in [0.15, 0.2) is 5.60 Å². The van der Waals surface area contributed by atoms with E-state index in [9.17, 15) is 24.6 Å². The third-order valence-corrected chi connectivity index (χ3v) is 7.79. The number of likely N-dealkylation sites (tertiary alicyclic amines) is 1. The van der Waals surface area contributed by atoms with Gasteiger partial charge in [-0.05, 0) is 49.9 Å². The van der Waals surface area contributed by atoms with Crippen LogP contribution in [0.25, 0.3) is 11.1 Å². The van der Waals surface area contributed by atoms with Crippen molar-refractivity contribution in [2.45, 2.75) is 51.2 Å². The van der Waals surface area contributed by atoms with E-state index in [0.717, 1.165) is 22.3 Å². The van der Waals surface area contributed by atoms with E-state index in [2.05, 4.69) is 17.4 Å². The fourth-order valence-corrected chi connectivity index (χ4v) is 4.85. The highest BCUT2D eigenvalue weighted by Gasteiger charge is 2.51. The molecule has 3 N–H and O–H groups in total. The summed E-state index contributed by atoms with van der Waals surface area (Å²) in [6.07, 6.45) is -0.675. The number of ether oxygens (including phenoxy) is 1. The number of nitrogens with one attached hydrogen (secondary N) is 1. The Bertz CT molecular complexity index is 1130. The van der Waals surface area contributed by atoms with Crippen LogP contribution in [-0.2, 0) is 14.3 Å². The Morgan fingerprint density at radius 2 is 1.57 bits per heavy atom. The van der Waals surface area contributed by atoms with Crippen molar-refractivity contribution in [3.63, 3.8) is 0 Å². The number of carboxylic acids is 1. The van der Waals surface area contributed by atoms with Gasteiger partial charge in [0, 0.05) is 18.9 Å². The molecule has 186 valence electrons. The van der Waals surface area contributed by atoms with E-state index in [1.54, 1.807) is 27.7 Å². The Labute approximate surface area is 204 Å². The Morgan fingerprint density at radius 1 is 1.03 bits per heavy atom. The average Bonchev–Trinajstić information content (AvgIpc) is 3.36. The third kappa shape index (κ3) is 4.27. The first-order valence-corrected chi connectivity index (χ1v) is 11.8. The maximum atomic E-state index is 13.3. The first-order valence-electron chi connectivity index (χ1n) is 11.8. The molecule has 1 aliphatic heterocycles. The molecule has 2 aromatic carbocycles. The molecule has 0 spiro atoms. The molecule has 4 rings (SSSR count). The molecule has 1 unspecified atom stereocenters. The van der Waals surface area contributed by atoms with Crippen molar-refractivity contribution in [3.8, 4) is 11.1 Å². The predicted molar refractivity (Wildman–Crippen MR) is 130 cm³/mol. The van der Waals surface area contributed by atoms with Crippen LogP contribution in [0.1, 0.15) is 51.2 Å². The van der Waals surface area contributed by atoms with Crippen LogP contribution < -0.4 is 5.32 Å². The maximum Gasteiger partial charge on any atom is 0.407 e. The fourth-order valence-electron chi connectivity index (χ4n) is 4.85. The van der Waals surface area contributed by atoms with Crippen molar-refractivity contribution >= 4 is 18.0 Å². The lowest BCUT2D eigenvalue weighted by molar-refractivity contribution is -0.158. The normalized spacial score (nSPS) is 19.7. The molecule has 0 bridgehead atoms. The lowest BCUT2D eigenvalue weighted by atomic mass is 9.73. The molecule has 8 nitrogen and oxygen atoms in total. The lowest BCUT2D eigenvalue weighted by Gasteiger charge is -2.42. The van der Waals surface area contributed by atoms with E-state index in [-0.39, 0.29) is 37.9 Å². The van der Waals surface area contributed by atoms with E-state index in [1.807, 2.05) is 36.4 Å². The second-order valence-corrected chi connectivity index (χ2v) is 10.5. The number of rotatable bonds is 6. The molecular formula is C27H32N2O6. The molecule has 1 heterocycles. The minimum absolute atomic E-state index is 0.0373. The van der Waals surface area contributed by atoms with Crippen LogP contribution in [0, 0.1) is 5.41 Å². The number of benzene rings is 2. The molecule has 1 atom stereocenters. The molecule has 2 aromatic rings. The van der Waals surface area contributed by atoms with Crippen LogP contribution in [0.3, 0.4) is 0 Å². The first kappa shape index (κ1) is 24.7. The molecule has 0 radical (unpaired) electrons. The monoisotopic (exact) mass is 480 g/mol. The van der Waals surface area contributed by atoms with E-state index in [1.165, 1.54) is 4.90 Å². The van der Waals surface area contributed by atoms with Crippen LogP contribution in [-0.4, -0.2) is 63.9 Å². The van der Waals surface area contributed by atoms with Gasteiger partial charge in [-0.2, -0.15) is 0 Å². The second-order valence-electron chi connectivity index (χ2n) is 10.5. The number of carbonyl (C=O) groups excluding carboxylic acids is 2. The molecule has 0 aromatic heterocycles. The van der Waals surface area contributed by atoms with Crippen LogP contribution in [0.5, 0.6) is 0 Å². The average molecular weight is 481 g/mol. The maximum absolute atomic E-state index is 13.3. The highest BCUT2D eigenvalue weighted by Crippen LogP contribution is 2.44. The standard InChI is InChI=1S/C27H32N2O6/c1-25(2,22(30)29-14-13-27(34,16-29)23(31)32)26(3,4)28-24(33)35-15-21-19-11-7-5-9-17(19)18-10-6-8-12-20(18)21/h5-12,21,34H,13-16H2,1-4H3,(H,28,33)(H,31,32). The summed E-state index contributed by atoms with van der Waals surface area (Å²) in [5, 5.41) is 22.3. The number of nitrogens with zero attached hydrogens (tertiary/aromatic N) is 1.